The number of imidazole rings is 1. The molecule has 0 unspecified atom stereocenters. The smallest absolute Gasteiger partial charge is 0.265 e. The van der Waals surface area contributed by atoms with Crippen LogP contribution >= 0.6 is 15.9 Å². The van der Waals surface area contributed by atoms with Crippen LogP contribution in [-0.2, 0) is 13.0 Å². The molecule has 0 fully saturated rings. The molecule has 3 aromatic rings. The van der Waals surface area contributed by atoms with E-state index >= 15 is 0 Å². The molecular weight excluding hydrogens is 441 g/mol. The molecule has 6 nitrogen and oxygen atoms in total. The molecule has 2 aromatic heterocycles. The van der Waals surface area contributed by atoms with Gasteiger partial charge in [-0.25, -0.2) is 18.2 Å². The zero-order valence-electron chi connectivity index (χ0n) is 14.2. The summed E-state index contributed by atoms with van der Waals surface area (Å²) in [7, 11) is 0. The number of hydrogen-bond acceptors (Lipinski definition) is 4. The first-order valence-electron chi connectivity index (χ1n) is 8.04. The lowest BCUT2D eigenvalue weighted by Gasteiger charge is -2.08. The second-order valence-corrected chi connectivity index (χ2v) is 6.78. The number of anilines is 1. The van der Waals surface area contributed by atoms with Crippen molar-refractivity contribution in [3.63, 3.8) is 0 Å². The maximum absolute atomic E-state index is 13.4. The highest BCUT2D eigenvalue weighted by atomic mass is 79.9. The molecule has 3 rings (SSSR count). The van der Waals surface area contributed by atoms with Crippen molar-refractivity contribution < 1.29 is 23.1 Å². The van der Waals surface area contributed by atoms with Gasteiger partial charge < -0.3 is 15.4 Å². The number of halogens is 4. The number of amides is 1. The number of pyridine rings is 1. The molecule has 0 bridgehead atoms. The maximum Gasteiger partial charge on any atom is 0.265 e. The summed E-state index contributed by atoms with van der Waals surface area (Å²) in [5.41, 5.74) is -0.111. The molecular formula is C18H14BrF3N4O2. The minimum absolute atomic E-state index is 0.0916. The fraction of sp³-hybridized carbons (Fsp3) is 0.167. The lowest BCUT2D eigenvalue weighted by atomic mass is 10.1. The predicted molar refractivity (Wildman–Crippen MR) is 98.6 cm³/mol. The molecule has 0 spiro atoms. The molecule has 28 heavy (non-hydrogen) atoms. The van der Waals surface area contributed by atoms with Crippen LogP contribution < -0.4 is 5.32 Å². The first-order chi connectivity index (χ1) is 13.4. The average Bonchev–Trinajstić information content (AvgIpc) is 3.06. The first kappa shape index (κ1) is 20.0. The fourth-order valence-corrected chi connectivity index (χ4v) is 3.08. The number of H-pyrrole nitrogens is 1. The van der Waals surface area contributed by atoms with Gasteiger partial charge in [-0.1, -0.05) is 15.9 Å². The second kappa shape index (κ2) is 8.53. The van der Waals surface area contributed by atoms with Crippen LogP contribution in [-0.4, -0.2) is 26.0 Å². The summed E-state index contributed by atoms with van der Waals surface area (Å²) in [6.07, 6.45) is -0.0329. The molecule has 0 radical (unpaired) electrons. The Morgan fingerprint density at radius 1 is 1.29 bits per heavy atom. The van der Waals surface area contributed by atoms with Crippen LogP contribution in [0.1, 0.15) is 39.4 Å². The van der Waals surface area contributed by atoms with Crippen LogP contribution in [0.5, 0.6) is 0 Å². The zero-order valence-corrected chi connectivity index (χ0v) is 15.8. The fourth-order valence-electron chi connectivity index (χ4n) is 2.57. The Bertz CT molecular complexity index is 990. The number of carbonyl (C=O) groups is 1. The molecule has 1 aromatic carbocycles. The Morgan fingerprint density at radius 3 is 2.75 bits per heavy atom. The van der Waals surface area contributed by atoms with E-state index < -0.39 is 30.3 Å². The highest BCUT2D eigenvalue weighted by Crippen LogP contribution is 2.23. The summed E-state index contributed by atoms with van der Waals surface area (Å²) in [5, 5.41) is 11.5. The standard InChI is InChI=1S/C18H14BrF3N4O2/c19-11-1-9(2-12(20)5-11)3-15-24-7-16(25-15)26-18(28)10-4-13(17(21)22)14(8-27)23-6-10/h1-2,4-7,17,27H,3,8H2,(H,24,25)(H,26,28). The van der Waals surface area contributed by atoms with Crippen LogP contribution in [0.25, 0.3) is 0 Å². The SMILES string of the molecule is O=C(Nc1c[nH]c(Cc2cc(F)cc(Br)c2)n1)c1cnc(CO)c(C(F)F)c1. The molecule has 0 atom stereocenters. The molecule has 0 aliphatic heterocycles. The lowest BCUT2D eigenvalue weighted by Crippen LogP contribution is -2.14. The lowest BCUT2D eigenvalue weighted by molar-refractivity contribution is 0.102. The van der Waals surface area contributed by atoms with E-state index in [9.17, 15) is 18.0 Å². The average molecular weight is 455 g/mol. The van der Waals surface area contributed by atoms with Gasteiger partial charge in [0, 0.05) is 28.9 Å². The number of aromatic amines is 1. The Morgan fingerprint density at radius 2 is 2.07 bits per heavy atom. The number of nitrogens with one attached hydrogen (secondary N) is 2. The van der Waals surface area contributed by atoms with Crippen LogP contribution in [0.2, 0.25) is 0 Å². The van der Waals surface area contributed by atoms with E-state index in [0.717, 1.165) is 12.3 Å². The second-order valence-electron chi connectivity index (χ2n) is 5.86. The molecule has 146 valence electrons. The Hall–Kier alpha value is -2.72. The van der Waals surface area contributed by atoms with Crippen molar-refractivity contribution in [2.75, 3.05) is 5.32 Å². The molecule has 10 heteroatoms. The van der Waals surface area contributed by atoms with Crippen molar-refractivity contribution >= 4 is 27.7 Å². The summed E-state index contributed by atoms with van der Waals surface area (Å²) in [4.78, 5) is 23.0. The van der Waals surface area contributed by atoms with Gasteiger partial charge in [0.1, 0.15) is 11.6 Å². The van der Waals surface area contributed by atoms with Crippen molar-refractivity contribution in [1.82, 2.24) is 15.0 Å². The number of aliphatic hydroxyl groups is 1. The van der Waals surface area contributed by atoms with Crippen molar-refractivity contribution in [3.05, 3.63) is 75.2 Å². The maximum atomic E-state index is 13.4. The number of aromatic nitrogens is 3. The van der Waals surface area contributed by atoms with Gasteiger partial charge in [0.05, 0.1) is 17.9 Å². The highest BCUT2D eigenvalue weighted by molar-refractivity contribution is 9.10. The summed E-state index contributed by atoms with van der Waals surface area (Å²) < 4.78 is 40.1. The third-order valence-corrected chi connectivity index (χ3v) is 4.28. The summed E-state index contributed by atoms with van der Waals surface area (Å²) >= 11 is 3.21. The molecule has 0 aliphatic rings. The van der Waals surface area contributed by atoms with Gasteiger partial charge in [-0.3, -0.25) is 9.78 Å². The third kappa shape index (κ3) is 4.76. The van der Waals surface area contributed by atoms with Crippen molar-refractivity contribution in [1.29, 1.82) is 0 Å². The van der Waals surface area contributed by atoms with Gasteiger partial charge in [0.15, 0.2) is 5.82 Å². The molecule has 0 saturated carbocycles. The van der Waals surface area contributed by atoms with Crippen molar-refractivity contribution in [2.24, 2.45) is 0 Å². The largest absolute Gasteiger partial charge is 0.390 e. The number of rotatable bonds is 6. The van der Waals surface area contributed by atoms with Gasteiger partial charge in [-0.2, -0.15) is 0 Å². The molecule has 0 saturated heterocycles. The monoisotopic (exact) mass is 454 g/mol. The Balaban J connectivity index is 1.72. The summed E-state index contributed by atoms with van der Waals surface area (Å²) in [6.45, 7) is -0.652. The minimum atomic E-state index is -2.87. The van der Waals surface area contributed by atoms with E-state index in [1.54, 1.807) is 6.07 Å². The third-order valence-electron chi connectivity index (χ3n) is 3.82. The van der Waals surface area contributed by atoms with Gasteiger partial charge >= 0.3 is 0 Å². The quantitative estimate of drug-likeness (QED) is 0.525. The van der Waals surface area contributed by atoms with E-state index in [0.29, 0.717) is 22.3 Å². The van der Waals surface area contributed by atoms with Crippen molar-refractivity contribution in [2.45, 2.75) is 19.5 Å². The number of alkyl halides is 2. The van der Waals surface area contributed by atoms with E-state index in [1.807, 2.05) is 0 Å². The van der Waals surface area contributed by atoms with E-state index in [1.165, 1.54) is 18.3 Å². The van der Waals surface area contributed by atoms with E-state index in [4.69, 9.17) is 5.11 Å². The van der Waals surface area contributed by atoms with Crippen LogP contribution in [0.4, 0.5) is 19.0 Å². The zero-order chi connectivity index (χ0) is 20.3. The molecule has 2 heterocycles. The number of hydrogen-bond donors (Lipinski definition) is 3. The number of aliphatic hydroxyl groups excluding tert-OH is 1. The van der Waals surface area contributed by atoms with Crippen LogP contribution in [0.15, 0.2) is 41.1 Å². The minimum Gasteiger partial charge on any atom is -0.390 e. The molecule has 1 amide bonds. The number of nitrogens with zero attached hydrogens (tertiary/aromatic N) is 2. The van der Waals surface area contributed by atoms with Crippen molar-refractivity contribution in [3.8, 4) is 0 Å². The molecule has 3 N–H and O–H groups in total. The van der Waals surface area contributed by atoms with Crippen LogP contribution in [0, 0.1) is 5.82 Å². The van der Waals surface area contributed by atoms with E-state index in [-0.39, 0.29) is 17.1 Å². The van der Waals surface area contributed by atoms with Gasteiger partial charge in [-0.15, -0.1) is 0 Å². The Kier molecular flexibility index (Phi) is 6.10. The molecule has 0 aliphatic carbocycles. The normalized spacial score (nSPS) is 11.1. The summed E-state index contributed by atoms with van der Waals surface area (Å²) in [6, 6.07) is 5.42. The summed E-state index contributed by atoms with van der Waals surface area (Å²) in [5.74, 6) is -0.404. The topological polar surface area (TPSA) is 90.9 Å². The van der Waals surface area contributed by atoms with Gasteiger partial charge in [0.25, 0.3) is 12.3 Å². The van der Waals surface area contributed by atoms with Gasteiger partial charge in [-0.05, 0) is 29.8 Å². The predicted octanol–water partition coefficient (Wildman–Crippen LogP) is 3.98. The number of benzene rings is 1. The number of carbonyl (C=O) groups excluding carboxylic acids is 1. The van der Waals surface area contributed by atoms with E-state index in [2.05, 4.69) is 36.2 Å². The van der Waals surface area contributed by atoms with Gasteiger partial charge in [0.2, 0.25) is 0 Å². The highest BCUT2D eigenvalue weighted by Gasteiger charge is 2.18. The van der Waals surface area contributed by atoms with Crippen LogP contribution in [0.3, 0.4) is 0 Å². The Labute approximate surface area is 166 Å². The first-order valence-corrected chi connectivity index (χ1v) is 8.83.